The van der Waals surface area contributed by atoms with Gasteiger partial charge in [0.05, 0.1) is 17.5 Å². The van der Waals surface area contributed by atoms with Crippen molar-refractivity contribution in [3.8, 4) is 10.8 Å². The molecule has 2 heterocycles. The minimum absolute atomic E-state index is 0.100. The largest absolute Gasteiger partial charge is 0.437 e. The van der Waals surface area contributed by atoms with E-state index in [1.165, 1.54) is 29.5 Å². The van der Waals surface area contributed by atoms with E-state index in [2.05, 4.69) is 5.10 Å². The Labute approximate surface area is 122 Å². The number of hydrogen-bond acceptors (Lipinski definition) is 5. The lowest BCUT2D eigenvalue weighted by Gasteiger charge is -2.09. The molecule has 1 atom stereocenters. The molecule has 7 heteroatoms. The number of aliphatic hydroxyl groups excluding tert-OH is 1. The topological polar surface area (TPSA) is 68.3 Å². The van der Waals surface area contributed by atoms with Crippen LogP contribution in [0.25, 0.3) is 10.8 Å². The van der Waals surface area contributed by atoms with Gasteiger partial charge in [-0.15, -0.1) is 16.4 Å². The molecule has 0 spiro atoms. The number of thiophene rings is 1. The molecular formula is C14H11FN2O3S. The van der Waals surface area contributed by atoms with E-state index in [0.717, 1.165) is 9.56 Å². The maximum Gasteiger partial charge on any atom is 0.437 e. The van der Waals surface area contributed by atoms with Gasteiger partial charge in [0.2, 0.25) is 0 Å². The molecule has 1 aromatic carbocycles. The molecule has 0 aliphatic heterocycles. The van der Waals surface area contributed by atoms with Gasteiger partial charge in [0, 0.05) is 0 Å². The van der Waals surface area contributed by atoms with Gasteiger partial charge >= 0.3 is 5.76 Å². The van der Waals surface area contributed by atoms with Crippen LogP contribution in [0.15, 0.2) is 51.0 Å². The second-order valence-corrected chi connectivity index (χ2v) is 5.35. The molecule has 21 heavy (non-hydrogen) atoms. The number of nitrogens with zero attached hydrogens (tertiary/aromatic N) is 2. The van der Waals surface area contributed by atoms with Crippen molar-refractivity contribution in [3.63, 3.8) is 0 Å². The first-order valence-electron chi connectivity index (χ1n) is 6.19. The molecule has 0 radical (unpaired) electrons. The zero-order valence-electron chi connectivity index (χ0n) is 10.8. The van der Waals surface area contributed by atoms with Crippen LogP contribution in [0.4, 0.5) is 4.39 Å². The van der Waals surface area contributed by atoms with Gasteiger partial charge in [0.25, 0.3) is 5.89 Å². The summed E-state index contributed by atoms with van der Waals surface area (Å²) in [6.45, 7) is -0.100. The third-order valence-corrected chi connectivity index (χ3v) is 3.78. The second-order valence-electron chi connectivity index (χ2n) is 4.40. The smallest absolute Gasteiger partial charge is 0.387 e. The van der Waals surface area contributed by atoms with Crippen molar-refractivity contribution in [2.45, 2.75) is 12.6 Å². The van der Waals surface area contributed by atoms with Crippen LogP contribution in [0.1, 0.15) is 11.7 Å². The molecule has 0 amide bonds. The zero-order chi connectivity index (χ0) is 14.8. The maximum absolute atomic E-state index is 13.1. The Morgan fingerprint density at radius 3 is 2.95 bits per heavy atom. The van der Waals surface area contributed by atoms with Crippen LogP contribution in [0.3, 0.4) is 0 Å². The van der Waals surface area contributed by atoms with E-state index in [-0.39, 0.29) is 12.4 Å². The quantitative estimate of drug-likeness (QED) is 0.804. The minimum Gasteiger partial charge on any atom is -0.387 e. The molecule has 2 aromatic heterocycles. The number of hydrogen-bond donors (Lipinski definition) is 1. The lowest BCUT2D eigenvalue weighted by Crippen LogP contribution is -2.20. The summed E-state index contributed by atoms with van der Waals surface area (Å²) in [5.41, 5.74) is 0.377. The SMILES string of the molecule is O=c1oc(-c2cccs2)nn1C[C@H](O)c1cccc(F)c1. The van der Waals surface area contributed by atoms with E-state index in [9.17, 15) is 14.3 Å². The number of aromatic nitrogens is 2. The monoisotopic (exact) mass is 306 g/mol. The lowest BCUT2D eigenvalue weighted by molar-refractivity contribution is 0.148. The molecule has 3 aromatic rings. The summed E-state index contributed by atoms with van der Waals surface area (Å²) >= 11 is 1.39. The first-order chi connectivity index (χ1) is 10.1. The Morgan fingerprint density at radius 2 is 2.24 bits per heavy atom. The minimum atomic E-state index is -1.04. The van der Waals surface area contributed by atoms with Crippen LogP contribution in [0.5, 0.6) is 0 Å². The standard InChI is InChI=1S/C14H11FN2O3S/c15-10-4-1-3-9(7-10)11(18)8-17-14(19)20-13(16-17)12-5-2-6-21-12/h1-7,11,18H,8H2/t11-/m0/s1. The Hall–Kier alpha value is -2.25. The van der Waals surface area contributed by atoms with Crippen molar-refractivity contribution in [2.24, 2.45) is 0 Å². The molecule has 3 rings (SSSR count). The number of halogens is 1. The Kier molecular flexibility index (Phi) is 3.68. The van der Waals surface area contributed by atoms with Gasteiger partial charge in [-0.05, 0) is 29.1 Å². The number of aliphatic hydroxyl groups is 1. The highest BCUT2D eigenvalue weighted by molar-refractivity contribution is 7.13. The average molecular weight is 306 g/mol. The Bertz CT molecular complexity index is 795. The van der Waals surface area contributed by atoms with Gasteiger partial charge in [-0.2, -0.15) is 4.68 Å². The van der Waals surface area contributed by atoms with Gasteiger partial charge < -0.3 is 9.52 Å². The van der Waals surface area contributed by atoms with E-state index in [1.54, 1.807) is 12.1 Å². The van der Waals surface area contributed by atoms with Crippen LogP contribution in [-0.4, -0.2) is 14.9 Å². The Balaban J connectivity index is 1.83. The third-order valence-electron chi connectivity index (χ3n) is 2.92. The fraction of sp³-hybridized carbons (Fsp3) is 0.143. The normalized spacial score (nSPS) is 12.5. The number of benzene rings is 1. The fourth-order valence-electron chi connectivity index (χ4n) is 1.90. The molecular weight excluding hydrogens is 295 g/mol. The van der Waals surface area contributed by atoms with Crippen LogP contribution >= 0.6 is 11.3 Å². The summed E-state index contributed by atoms with van der Waals surface area (Å²) in [5.74, 6) is -0.895. The van der Waals surface area contributed by atoms with E-state index >= 15 is 0 Å². The molecule has 0 unspecified atom stereocenters. The molecule has 0 aliphatic carbocycles. The van der Waals surface area contributed by atoms with E-state index < -0.39 is 17.7 Å². The molecule has 108 valence electrons. The van der Waals surface area contributed by atoms with Crippen molar-refractivity contribution < 1.29 is 13.9 Å². The van der Waals surface area contributed by atoms with Crippen molar-refractivity contribution >= 4 is 11.3 Å². The lowest BCUT2D eigenvalue weighted by atomic mass is 10.1. The molecule has 0 saturated heterocycles. The third kappa shape index (κ3) is 2.93. The second kappa shape index (κ2) is 5.63. The summed E-state index contributed by atoms with van der Waals surface area (Å²) in [6, 6.07) is 9.18. The molecule has 0 fully saturated rings. The van der Waals surface area contributed by atoms with Gasteiger partial charge in [-0.1, -0.05) is 18.2 Å². The highest BCUT2D eigenvalue weighted by Gasteiger charge is 2.15. The number of rotatable bonds is 4. The summed E-state index contributed by atoms with van der Waals surface area (Å²) < 4.78 is 19.2. The van der Waals surface area contributed by atoms with Crippen molar-refractivity contribution in [1.29, 1.82) is 0 Å². The van der Waals surface area contributed by atoms with Crippen molar-refractivity contribution in [2.75, 3.05) is 0 Å². The maximum atomic E-state index is 13.1. The average Bonchev–Trinajstić information content (AvgIpc) is 3.09. The fourth-order valence-corrected chi connectivity index (χ4v) is 2.55. The molecule has 5 nitrogen and oxygen atoms in total. The van der Waals surface area contributed by atoms with Crippen molar-refractivity contribution in [3.05, 3.63) is 63.7 Å². The van der Waals surface area contributed by atoms with Crippen LogP contribution < -0.4 is 5.76 Å². The van der Waals surface area contributed by atoms with Crippen LogP contribution in [0, 0.1) is 5.82 Å². The molecule has 0 saturated carbocycles. The van der Waals surface area contributed by atoms with E-state index in [4.69, 9.17) is 4.42 Å². The van der Waals surface area contributed by atoms with Gasteiger partial charge in [-0.3, -0.25) is 0 Å². The van der Waals surface area contributed by atoms with Gasteiger partial charge in [-0.25, -0.2) is 9.18 Å². The summed E-state index contributed by atoms with van der Waals surface area (Å²) in [7, 11) is 0. The molecule has 1 N–H and O–H groups in total. The van der Waals surface area contributed by atoms with Crippen LogP contribution in [0.2, 0.25) is 0 Å². The van der Waals surface area contributed by atoms with Crippen LogP contribution in [-0.2, 0) is 6.54 Å². The predicted octanol–water partition coefficient (Wildman–Crippen LogP) is 2.44. The molecule has 0 aliphatic rings. The highest BCUT2D eigenvalue weighted by Crippen LogP contribution is 2.22. The highest BCUT2D eigenvalue weighted by atomic mass is 32.1. The first-order valence-corrected chi connectivity index (χ1v) is 7.07. The predicted molar refractivity (Wildman–Crippen MR) is 75.4 cm³/mol. The molecule has 0 bridgehead atoms. The summed E-state index contributed by atoms with van der Waals surface area (Å²) in [4.78, 5) is 12.5. The van der Waals surface area contributed by atoms with E-state index in [0.29, 0.717) is 5.56 Å². The summed E-state index contributed by atoms with van der Waals surface area (Å²) in [6.07, 6.45) is -1.04. The zero-order valence-corrected chi connectivity index (χ0v) is 11.6. The van der Waals surface area contributed by atoms with Gasteiger partial charge in [0.1, 0.15) is 5.82 Å². The van der Waals surface area contributed by atoms with E-state index in [1.807, 2.05) is 11.4 Å². The van der Waals surface area contributed by atoms with Gasteiger partial charge in [0.15, 0.2) is 0 Å². The first kappa shape index (κ1) is 13.7. The summed E-state index contributed by atoms with van der Waals surface area (Å²) in [5, 5.41) is 15.9. The Morgan fingerprint density at radius 1 is 1.38 bits per heavy atom. The van der Waals surface area contributed by atoms with Crippen molar-refractivity contribution in [1.82, 2.24) is 9.78 Å².